The third-order valence-electron chi connectivity index (χ3n) is 3.41. The number of rotatable bonds is 4. The normalized spacial score (nSPS) is 15.5. The molecule has 0 aliphatic carbocycles. The monoisotopic (exact) mass is 328 g/mol. The molecule has 1 N–H and O–H groups in total. The molecule has 1 amide bonds. The quantitative estimate of drug-likeness (QED) is 0.913. The Morgan fingerprint density at radius 3 is 2.50 bits per heavy atom. The zero-order valence-corrected chi connectivity index (χ0v) is 13.1. The van der Waals surface area contributed by atoms with E-state index in [4.69, 9.17) is 9.84 Å². The van der Waals surface area contributed by atoms with Crippen molar-refractivity contribution in [3.05, 3.63) is 35.9 Å². The van der Waals surface area contributed by atoms with Crippen LogP contribution in [0.5, 0.6) is 0 Å². The first kappa shape index (κ1) is 18.3. The van der Waals surface area contributed by atoms with E-state index in [2.05, 4.69) is 0 Å². The highest BCUT2D eigenvalue weighted by Gasteiger charge is 2.21. The summed E-state index contributed by atoms with van der Waals surface area (Å²) in [6.07, 6.45) is 0.421. The van der Waals surface area contributed by atoms with E-state index >= 15 is 0 Å². The lowest BCUT2D eigenvalue weighted by atomic mass is 10.2. The van der Waals surface area contributed by atoms with Crippen LogP contribution in [-0.4, -0.2) is 59.7 Å². The highest BCUT2D eigenvalue weighted by Crippen LogP contribution is 2.07. The zero-order valence-electron chi connectivity index (χ0n) is 12.3. The summed E-state index contributed by atoms with van der Waals surface area (Å²) in [5.41, 5.74) is 0.952. The van der Waals surface area contributed by atoms with Crippen LogP contribution in [-0.2, 0) is 16.1 Å². The average molecular weight is 329 g/mol. The van der Waals surface area contributed by atoms with Crippen molar-refractivity contribution in [3.63, 3.8) is 0 Å². The van der Waals surface area contributed by atoms with Crippen molar-refractivity contribution in [2.45, 2.75) is 13.0 Å². The molecule has 0 aromatic heterocycles. The maximum absolute atomic E-state index is 12.0. The summed E-state index contributed by atoms with van der Waals surface area (Å²) in [6.45, 7) is 2.63. The molecule has 0 atom stereocenters. The molecule has 1 aromatic rings. The van der Waals surface area contributed by atoms with Crippen LogP contribution in [0.15, 0.2) is 30.3 Å². The predicted octanol–water partition coefficient (Wildman–Crippen LogP) is 1.84. The first-order valence-electron chi connectivity index (χ1n) is 7.05. The fourth-order valence-electron chi connectivity index (χ4n) is 2.31. The standard InChI is InChI=1S/C15H20N2O4.ClH/c18-14(19)11-16-7-4-8-17(10-9-16)15(20)21-12-13-5-2-1-3-6-13;/h1-3,5-6H,4,7-12H2,(H,18,19);1H. The van der Waals surface area contributed by atoms with Gasteiger partial charge < -0.3 is 14.7 Å². The number of carbonyl (C=O) groups excluding carboxylic acids is 1. The Hall–Kier alpha value is -1.79. The van der Waals surface area contributed by atoms with Gasteiger partial charge in [0, 0.05) is 26.2 Å². The van der Waals surface area contributed by atoms with Gasteiger partial charge in [-0.2, -0.15) is 0 Å². The minimum atomic E-state index is -0.838. The number of halogens is 1. The van der Waals surface area contributed by atoms with Crippen molar-refractivity contribution in [2.24, 2.45) is 0 Å². The Morgan fingerprint density at radius 1 is 1.09 bits per heavy atom. The fraction of sp³-hybridized carbons (Fsp3) is 0.467. The Kier molecular flexibility index (Phi) is 7.70. The van der Waals surface area contributed by atoms with Gasteiger partial charge in [-0.25, -0.2) is 4.79 Å². The van der Waals surface area contributed by atoms with Gasteiger partial charge in [0.25, 0.3) is 0 Å². The molecular weight excluding hydrogens is 308 g/mol. The topological polar surface area (TPSA) is 70.1 Å². The number of carboxylic acid groups (broad SMARTS) is 1. The van der Waals surface area contributed by atoms with Crippen LogP contribution in [0.4, 0.5) is 4.79 Å². The average Bonchev–Trinajstić information content (AvgIpc) is 2.71. The molecule has 1 aliphatic rings. The molecule has 0 bridgehead atoms. The molecule has 0 saturated carbocycles. The number of hydrogen-bond donors (Lipinski definition) is 1. The molecule has 1 fully saturated rings. The minimum absolute atomic E-state index is 0. The second-order valence-corrected chi connectivity index (χ2v) is 5.05. The van der Waals surface area contributed by atoms with E-state index < -0.39 is 5.97 Å². The molecule has 7 heteroatoms. The van der Waals surface area contributed by atoms with Crippen molar-refractivity contribution in [3.8, 4) is 0 Å². The maximum atomic E-state index is 12.0. The summed E-state index contributed by atoms with van der Waals surface area (Å²) < 4.78 is 5.29. The number of carboxylic acids is 1. The molecule has 1 aromatic carbocycles. The summed E-state index contributed by atoms with van der Waals surface area (Å²) in [7, 11) is 0. The smallest absolute Gasteiger partial charge is 0.410 e. The summed E-state index contributed by atoms with van der Waals surface area (Å²) in [4.78, 5) is 26.2. The first-order chi connectivity index (χ1) is 10.1. The number of nitrogens with zero attached hydrogens (tertiary/aromatic N) is 2. The summed E-state index contributed by atoms with van der Waals surface area (Å²) >= 11 is 0. The highest BCUT2D eigenvalue weighted by atomic mass is 35.5. The lowest BCUT2D eigenvalue weighted by molar-refractivity contribution is -0.138. The Labute approximate surface area is 136 Å². The number of ether oxygens (including phenoxy) is 1. The van der Waals surface area contributed by atoms with Crippen LogP contribution in [0.25, 0.3) is 0 Å². The van der Waals surface area contributed by atoms with Gasteiger partial charge in [0.2, 0.25) is 0 Å². The largest absolute Gasteiger partial charge is 0.480 e. The van der Waals surface area contributed by atoms with E-state index in [1.165, 1.54) is 0 Å². The predicted molar refractivity (Wildman–Crippen MR) is 84.1 cm³/mol. The third kappa shape index (κ3) is 5.91. The summed E-state index contributed by atoms with van der Waals surface area (Å²) in [5, 5.41) is 8.80. The van der Waals surface area contributed by atoms with Crippen molar-refractivity contribution in [1.29, 1.82) is 0 Å². The SMILES string of the molecule is Cl.O=C(O)CN1CCCN(C(=O)OCc2ccccc2)CC1. The van der Waals surface area contributed by atoms with Crippen LogP contribution in [0.1, 0.15) is 12.0 Å². The minimum Gasteiger partial charge on any atom is -0.480 e. The van der Waals surface area contributed by atoms with Gasteiger partial charge in [-0.3, -0.25) is 9.69 Å². The first-order valence-corrected chi connectivity index (χ1v) is 7.05. The Bertz CT molecular complexity index is 484. The molecule has 1 saturated heterocycles. The highest BCUT2D eigenvalue weighted by molar-refractivity contribution is 5.85. The van der Waals surface area contributed by atoms with Crippen LogP contribution in [0, 0.1) is 0 Å². The Balaban J connectivity index is 0.00000242. The molecule has 2 rings (SSSR count). The van der Waals surface area contributed by atoms with Gasteiger partial charge >= 0.3 is 12.1 Å². The number of amides is 1. The van der Waals surface area contributed by atoms with Crippen LogP contribution in [0.3, 0.4) is 0 Å². The second kappa shape index (κ2) is 9.27. The molecule has 122 valence electrons. The molecular formula is C15H21ClN2O4. The van der Waals surface area contributed by atoms with Gasteiger partial charge in [-0.05, 0) is 12.0 Å². The van der Waals surface area contributed by atoms with E-state index in [1.54, 1.807) is 4.90 Å². The van der Waals surface area contributed by atoms with Gasteiger partial charge in [-0.1, -0.05) is 30.3 Å². The second-order valence-electron chi connectivity index (χ2n) is 5.05. The van der Waals surface area contributed by atoms with Gasteiger partial charge in [0.15, 0.2) is 0 Å². The molecule has 0 unspecified atom stereocenters. The van der Waals surface area contributed by atoms with Gasteiger partial charge in [0.05, 0.1) is 6.54 Å². The van der Waals surface area contributed by atoms with Crippen molar-refractivity contribution in [2.75, 3.05) is 32.7 Å². The molecule has 0 radical (unpaired) electrons. The number of benzene rings is 1. The Morgan fingerprint density at radius 2 is 1.82 bits per heavy atom. The molecule has 0 spiro atoms. The third-order valence-corrected chi connectivity index (χ3v) is 3.41. The number of carbonyl (C=O) groups is 2. The zero-order chi connectivity index (χ0) is 15.1. The van der Waals surface area contributed by atoms with E-state index in [1.807, 2.05) is 35.2 Å². The van der Waals surface area contributed by atoms with E-state index in [-0.39, 0.29) is 31.7 Å². The van der Waals surface area contributed by atoms with Crippen LogP contribution >= 0.6 is 12.4 Å². The number of hydrogen-bond acceptors (Lipinski definition) is 4. The molecule has 22 heavy (non-hydrogen) atoms. The molecule has 6 nitrogen and oxygen atoms in total. The summed E-state index contributed by atoms with van der Waals surface area (Å²) in [5.74, 6) is -0.838. The molecule has 1 aliphatic heterocycles. The van der Waals surface area contributed by atoms with Crippen molar-refractivity contribution < 1.29 is 19.4 Å². The van der Waals surface area contributed by atoms with E-state index in [0.717, 1.165) is 12.0 Å². The maximum Gasteiger partial charge on any atom is 0.410 e. The van der Waals surface area contributed by atoms with E-state index in [0.29, 0.717) is 26.2 Å². The lowest BCUT2D eigenvalue weighted by Crippen LogP contribution is -2.36. The van der Waals surface area contributed by atoms with Crippen LogP contribution < -0.4 is 0 Å². The van der Waals surface area contributed by atoms with Gasteiger partial charge in [-0.15, -0.1) is 12.4 Å². The fourth-order valence-corrected chi connectivity index (χ4v) is 2.31. The van der Waals surface area contributed by atoms with Crippen molar-refractivity contribution >= 4 is 24.5 Å². The van der Waals surface area contributed by atoms with E-state index in [9.17, 15) is 9.59 Å². The van der Waals surface area contributed by atoms with Gasteiger partial charge in [0.1, 0.15) is 6.61 Å². The number of aliphatic carboxylic acids is 1. The lowest BCUT2D eigenvalue weighted by Gasteiger charge is -2.20. The summed E-state index contributed by atoms with van der Waals surface area (Å²) in [6, 6.07) is 9.53. The van der Waals surface area contributed by atoms with Crippen molar-refractivity contribution in [1.82, 2.24) is 9.80 Å². The van der Waals surface area contributed by atoms with Crippen LogP contribution in [0.2, 0.25) is 0 Å². The molecule has 1 heterocycles.